The fraction of sp³-hybridized carbons (Fsp3) is 0.282. The number of alkyl halides is 2. The quantitative estimate of drug-likeness (QED) is 0.116. The first-order valence-corrected chi connectivity index (χ1v) is 16.8. The number of carbonyl (C=O) groups excluding carboxylic acids is 1. The molecule has 2 aromatic heterocycles. The topological polar surface area (TPSA) is 119 Å². The van der Waals surface area contributed by atoms with Crippen LogP contribution in [-0.2, 0) is 29.5 Å². The summed E-state index contributed by atoms with van der Waals surface area (Å²) < 4.78 is 67.1. The van der Waals surface area contributed by atoms with Gasteiger partial charge in [-0.2, -0.15) is 8.78 Å². The molecule has 53 heavy (non-hydrogen) atoms. The number of carbonyl (C=O) groups is 1. The standard InChI is InChI=1S/C39H35F4N7O3/c1-4-32(25(2)3)36-37(51)50(23-45-36)30-13-7-28(8-14-30)21-53-31-15-9-26(10-16-31)5-6-27-11-18-35(44-20-27)39(42,43)38(52,22-49-24-46-47-48-49)33-17-12-29(40)19-34(33)41/h7-20,23-25,32,36,52H,4,21-22H2,1-3H3/t32-,36?,38?/m0/s1. The van der Waals surface area contributed by atoms with Crippen LogP contribution in [0.25, 0.3) is 0 Å². The number of aromatic nitrogens is 5. The van der Waals surface area contributed by atoms with Crippen molar-refractivity contribution in [2.45, 2.75) is 57.9 Å². The number of nitrogens with zero attached hydrogens (tertiary/aromatic N) is 7. The van der Waals surface area contributed by atoms with E-state index in [1.807, 2.05) is 24.3 Å². The summed E-state index contributed by atoms with van der Waals surface area (Å²) in [6.45, 7) is 5.63. The Morgan fingerprint density at radius 1 is 0.962 bits per heavy atom. The molecule has 6 rings (SSSR count). The molecule has 0 aliphatic carbocycles. The zero-order chi connectivity index (χ0) is 37.8. The summed E-state index contributed by atoms with van der Waals surface area (Å²) in [5.74, 6) is 0.359. The number of aliphatic imine (C=N–C) groups is 1. The Kier molecular flexibility index (Phi) is 10.7. The van der Waals surface area contributed by atoms with Crippen molar-refractivity contribution in [2.24, 2.45) is 16.8 Å². The number of tetrazole rings is 1. The van der Waals surface area contributed by atoms with Crippen LogP contribution in [0.4, 0.5) is 23.2 Å². The molecule has 0 radical (unpaired) electrons. The molecule has 1 amide bonds. The van der Waals surface area contributed by atoms with Crippen LogP contribution >= 0.6 is 0 Å². The second-order valence-corrected chi connectivity index (χ2v) is 13.0. The summed E-state index contributed by atoms with van der Waals surface area (Å²) in [6.07, 6.45) is 4.57. The highest BCUT2D eigenvalue weighted by atomic mass is 19.3. The molecule has 0 bridgehead atoms. The first-order chi connectivity index (χ1) is 25.4. The Morgan fingerprint density at radius 2 is 1.68 bits per heavy atom. The molecule has 1 aliphatic heterocycles. The van der Waals surface area contributed by atoms with Gasteiger partial charge in [-0.05, 0) is 88.5 Å². The smallest absolute Gasteiger partial charge is 0.323 e. The summed E-state index contributed by atoms with van der Waals surface area (Å²) in [4.78, 5) is 23.0. The van der Waals surface area contributed by atoms with Crippen molar-refractivity contribution in [1.82, 2.24) is 25.2 Å². The van der Waals surface area contributed by atoms with Gasteiger partial charge in [-0.3, -0.25) is 19.7 Å². The summed E-state index contributed by atoms with van der Waals surface area (Å²) in [7, 11) is 0. The van der Waals surface area contributed by atoms with E-state index in [0.717, 1.165) is 53.1 Å². The number of amides is 1. The molecule has 0 spiro atoms. The SMILES string of the molecule is CC[C@@H](C(C)C)C1N=CN(c2ccc(COc3ccc(C#Cc4ccc(C(F)(F)C(O)(Cn5cnnn5)c5ccc(F)cc5F)nc4)cc3)cc2)C1=O. The molecule has 0 saturated heterocycles. The molecule has 5 aromatic rings. The Bertz CT molecular complexity index is 2130. The van der Waals surface area contributed by atoms with Gasteiger partial charge in [0, 0.05) is 34.6 Å². The number of ether oxygens (including phenoxy) is 1. The van der Waals surface area contributed by atoms with Gasteiger partial charge in [-0.25, -0.2) is 13.5 Å². The predicted molar refractivity (Wildman–Crippen MR) is 188 cm³/mol. The first kappa shape index (κ1) is 36.8. The molecule has 14 heteroatoms. The highest BCUT2D eigenvalue weighted by Gasteiger charge is 2.58. The van der Waals surface area contributed by atoms with Crippen LogP contribution < -0.4 is 9.64 Å². The maximum Gasteiger partial charge on any atom is 0.323 e. The van der Waals surface area contributed by atoms with Crippen LogP contribution in [0.2, 0.25) is 0 Å². The number of aliphatic hydroxyl groups is 1. The van der Waals surface area contributed by atoms with Crippen molar-refractivity contribution < 1.29 is 32.2 Å². The molecule has 272 valence electrons. The number of pyridine rings is 1. The van der Waals surface area contributed by atoms with E-state index in [4.69, 9.17) is 4.74 Å². The van der Waals surface area contributed by atoms with E-state index in [0.29, 0.717) is 35.5 Å². The van der Waals surface area contributed by atoms with Crippen LogP contribution in [0.5, 0.6) is 5.75 Å². The van der Waals surface area contributed by atoms with Crippen molar-refractivity contribution >= 4 is 17.9 Å². The van der Waals surface area contributed by atoms with Crippen molar-refractivity contribution in [3.8, 4) is 17.6 Å². The number of hydrogen-bond acceptors (Lipinski definition) is 8. The average Bonchev–Trinajstić information content (AvgIpc) is 3.80. The average molecular weight is 726 g/mol. The monoisotopic (exact) mass is 725 g/mol. The summed E-state index contributed by atoms with van der Waals surface area (Å²) in [5.41, 5.74) is -2.41. The Labute approximate surface area is 303 Å². The first-order valence-electron chi connectivity index (χ1n) is 16.8. The van der Waals surface area contributed by atoms with E-state index in [-0.39, 0.29) is 17.9 Å². The van der Waals surface area contributed by atoms with E-state index >= 15 is 8.78 Å². The lowest BCUT2D eigenvalue weighted by Gasteiger charge is -2.35. The Balaban J connectivity index is 1.08. The van der Waals surface area contributed by atoms with Gasteiger partial charge < -0.3 is 9.84 Å². The predicted octanol–water partition coefficient (Wildman–Crippen LogP) is 6.43. The minimum Gasteiger partial charge on any atom is -0.489 e. The Hall–Kier alpha value is -5.94. The molecule has 0 fully saturated rings. The third-order valence-corrected chi connectivity index (χ3v) is 9.16. The van der Waals surface area contributed by atoms with Gasteiger partial charge in [-0.15, -0.1) is 5.10 Å². The molecular weight excluding hydrogens is 690 g/mol. The fourth-order valence-corrected chi connectivity index (χ4v) is 6.18. The zero-order valence-electron chi connectivity index (χ0n) is 29.0. The van der Waals surface area contributed by atoms with Gasteiger partial charge in [0.05, 0.1) is 12.9 Å². The Morgan fingerprint density at radius 3 is 2.30 bits per heavy atom. The minimum absolute atomic E-state index is 0.0183. The van der Waals surface area contributed by atoms with Crippen LogP contribution in [0, 0.1) is 35.3 Å². The van der Waals surface area contributed by atoms with Gasteiger partial charge in [-0.1, -0.05) is 51.2 Å². The van der Waals surface area contributed by atoms with Crippen molar-refractivity contribution in [3.05, 3.63) is 131 Å². The lowest BCUT2D eigenvalue weighted by molar-refractivity contribution is -0.207. The molecule has 2 unspecified atom stereocenters. The van der Waals surface area contributed by atoms with Gasteiger partial charge in [0.25, 0.3) is 5.91 Å². The van der Waals surface area contributed by atoms with E-state index < -0.39 is 41.0 Å². The molecule has 10 nitrogen and oxygen atoms in total. The van der Waals surface area contributed by atoms with Crippen molar-refractivity contribution in [1.29, 1.82) is 0 Å². The third kappa shape index (κ3) is 7.80. The van der Waals surface area contributed by atoms with E-state index in [2.05, 4.69) is 58.1 Å². The van der Waals surface area contributed by atoms with Crippen LogP contribution in [0.1, 0.15) is 55.1 Å². The van der Waals surface area contributed by atoms with Gasteiger partial charge >= 0.3 is 5.92 Å². The lowest BCUT2D eigenvalue weighted by atomic mass is 9.84. The highest BCUT2D eigenvalue weighted by Crippen LogP contribution is 2.46. The van der Waals surface area contributed by atoms with Crippen molar-refractivity contribution in [3.63, 3.8) is 0 Å². The number of halogens is 4. The van der Waals surface area contributed by atoms with Gasteiger partial charge in [0.15, 0.2) is 5.60 Å². The fourth-order valence-electron chi connectivity index (χ4n) is 6.18. The summed E-state index contributed by atoms with van der Waals surface area (Å²) in [5, 5.41) is 21.6. The minimum atomic E-state index is -4.18. The lowest BCUT2D eigenvalue weighted by Crippen LogP contribution is -2.48. The molecule has 3 atom stereocenters. The number of anilines is 1. The largest absolute Gasteiger partial charge is 0.489 e. The maximum absolute atomic E-state index is 16.0. The third-order valence-electron chi connectivity index (χ3n) is 9.16. The molecule has 1 aliphatic rings. The van der Waals surface area contributed by atoms with Gasteiger partial charge in [0.2, 0.25) is 0 Å². The molecular formula is C39H35F4N7O3. The second-order valence-electron chi connectivity index (χ2n) is 13.0. The molecule has 1 N–H and O–H groups in total. The van der Waals surface area contributed by atoms with Crippen LogP contribution in [0.3, 0.4) is 0 Å². The summed E-state index contributed by atoms with van der Waals surface area (Å²) in [6, 6.07) is 18.3. The zero-order valence-corrected chi connectivity index (χ0v) is 29.0. The second kappa shape index (κ2) is 15.3. The molecule has 0 saturated carbocycles. The van der Waals surface area contributed by atoms with E-state index in [9.17, 15) is 18.7 Å². The van der Waals surface area contributed by atoms with Gasteiger partial charge in [0.1, 0.15) is 42.1 Å². The van der Waals surface area contributed by atoms with Crippen molar-refractivity contribution in [2.75, 3.05) is 4.90 Å². The number of benzene rings is 3. The number of hydrogen-bond donors (Lipinski definition) is 1. The van der Waals surface area contributed by atoms with E-state index in [1.54, 1.807) is 35.5 Å². The normalized spacial score (nSPS) is 16.0. The molecule has 3 aromatic carbocycles. The molecule has 3 heterocycles. The number of rotatable bonds is 12. The summed E-state index contributed by atoms with van der Waals surface area (Å²) >= 11 is 0. The van der Waals surface area contributed by atoms with Crippen LogP contribution in [0.15, 0.2) is 96.4 Å². The van der Waals surface area contributed by atoms with Crippen LogP contribution in [-0.4, -0.2) is 48.6 Å². The maximum atomic E-state index is 16.0. The van der Waals surface area contributed by atoms with E-state index in [1.165, 1.54) is 6.07 Å². The highest BCUT2D eigenvalue weighted by molar-refractivity contribution is 6.14.